The fourth-order valence-corrected chi connectivity index (χ4v) is 1.37. The van der Waals surface area contributed by atoms with Gasteiger partial charge in [-0.15, -0.1) is 0 Å². The lowest BCUT2D eigenvalue weighted by molar-refractivity contribution is -0.156. The molecule has 2 N–H and O–H groups in total. The molecule has 6 heteroatoms. The van der Waals surface area contributed by atoms with E-state index in [-0.39, 0.29) is 25.7 Å². The number of likely N-dealkylation sites (tertiary alicyclic amines) is 1. The van der Waals surface area contributed by atoms with E-state index in [4.69, 9.17) is 5.73 Å². The minimum absolute atomic E-state index is 0.143. The first-order chi connectivity index (χ1) is 7.02. The summed E-state index contributed by atoms with van der Waals surface area (Å²) in [6.07, 6.45) is 0.558. The zero-order chi connectivity index (χ0) is 11.4. The summed E-state index contributed by atoms with van der Waals surface area (Å²) >= 11 is 0. The van der Waals surface area contributed by atoms with Crippen LogP contribution >= 0.6 is 0 Å². The van der Waals surface area contributed by atoms with Crippen LogP contribution in [0.15, 0.2) is 0 Å². The van der Waals surface area contributed by atoms with Crippen molar-refractivity contribution in [3.05, 3.63) is 0 Å². The van der Waals surface area contributed by atoms with Crippen LogP contribution in [0.1, 0.15) is 32.1 Å². The first-order valence-corrected chi connectivity index (χ1v) is 4.69. The Bertz CT molecular complexity index is 308. The highest BCUT2D eigenvalue weighted by atomic mass is 16.2. The Morgan fingerprint density at radius 1 is 1.13 bits per heavy atom. The Labute approximate surface area is 86.4 Å². The molecule has 0 bridgehead atoms. The van der Waals surface area contributed by atoms with Gasteiger partial charge in [-0.25, -0.2) is 4.90 Å². The van der Waals surface area contributed by atoms with Gasteiger partial charge >= 0.3 is 0 Å². The minimum atomic E-state index is -0.636. The molecule has 0 aromatic carbocycles. The molecule has 1 aliphatic rings. The largest absolute Gasteiger partial charge is 0.370 e. The monoisotopic (exact) mass is 212 g/mol. The number of hydrogen-bond donors (Lipinski definition) is 1. The van der Waals surface area contributed by atoms with Crippen molar-refractivity contribution in [3.8, 4) is 0 Å². The summed E-state index contributed by atoms with van der Waals surface area (Å²) in [5, 5.41) is 0. The number of rotatable bonds is 3. The lowest BCUT2D eigenvalue weighted by Gasteiger charge is -2.22. The first-order valence-electron chi connectivity index (χ1n) is 4.69. The molecule has 6 nitrogen and oxygen atoms in total. The third kappa shape index (κ3) is 2.87. The van der Waals surface area contributed by atoms with E-state index in [1.54, 1.807) is 0 Å². The molecule has 0 aromatic rings. The van der Waals surface area contributed by atoms with Crippen LogP contribution in [0.2, 0.25) is 0 Å². The lowest BCUT2D eigenvalue weighted by Crippen LogP contribution is -2.44. The van der Waals surface area contributed by atoms with Crippen LogP contribution in [-0.4, -0.2) is 28.5 Å². The van der Waals surface area contributed by atoms with Gasteiger partial charge in [0, 0.05) is 25.7 Å². The molecule has 4 amide bonds. The van der Waals surface area contributed by atoms with Crippen LogP contribution in [-0.2, 0) is 19.2 Å². The highest BCUT2D eigenvalue weighted by Gasteiger charge is 2.31. The summed E-state index contributed by atoms with van der Waals surface area (Å²) in [4.78, 5) is 45.0. The normalized spacial score (nSPS) is 16.7. The fraction of sp³-hybridized carbons (Fsp3) is 0.556. The van der Waals surface area contributed by atoms with Gasteiger partial charge in [-0.3, -0.25) is 19.2 Å². The summed E-state index contributed by atoms with van der Waals surface area (Å²) in [5.41, 5.74) is 4.86. The van der Waals surface area contributed by atoms with Crippen molar-refractivity contribution >= 4 is 23.6 Å². The van der Waals surface area contributed by atoms with Gasteiger partial charge in [0.15, 0.2) is 0 Å². The van der Waals surface area contributed by atoms with Gasteiger partial charge in [0.05, 0.1) is 0 Å². The average molecular weight is 212 g/mol. The number of nitrogens with two attached hydrogens (primary N) is 1. The molecule has 1 heterocycles. The molecule has 0 radical (unpaired) electrons. The maximum absolute atomic E-state index is 11.4. The molecular formula is C9H12N2O4. The van der Waals surface area contributed by atoms with Crippen LogP contribution in [0.25, 0.3) is 0 Å². The Morgan fingerprint density at radius 3 is 2.13 bits per heavy atom. The quantitative estimate of drug-likeness (QED) is 0.626. The molecule has 1 aliphatic heterocycles. The zero-order valence-electron chi connectivity index (χ0n) is 8.19. The van der Waals surface area contributed by atoms with Crippen molar-refractivity contribution in [2.45, 2.75) is 32.1 Å². The molecule has 0 aromatic heterocycles. The number of amides is 4. The standard InChI is InChI=1S/C9H12N2O4/c10-6(12)4-5-9(15)11-7(13)2-1-3-8(11)14/h1-5H2,(H2,10,12). The van der Waals surface area contributed by atoms with Crippen molar-refractivity contribution in [1.29, 1.82) is 0 Å². The molecule has 1 saturated heterocycles. The van der Waals surface area contributed by atoms with E-state index in [1.165, 1.54) is 0 Å². The van der Waals surface area contributed by atoms with Gasteiger partial charge in [0.25, 0.3) is 0 Å². The topological polar surface area (TPSA) is 97.5 Å². The predicted molar refractivity (Wildman–Crippen MR) is 49.1 cm³/mol. The molecule has 1 fully saturated rings. The number of carbonyl (C=O) groups is 4. The van der Waals surface area contributed by atoms with Crippen LogP contribution in [0.5, 0.6) is 0 Å². The van der Waals surface area contributed by atoms with Crippen molar-refractivity contribution in [1.82, 2.24) is 4.90 Å². The Balaban J connectivity index is 2.60. The Kier molecular flexibility index (Phi) is 3.54. The van der Waals surface area contributed by atoms with E-state index in [0.29, 0.717) is 11.3 Å². The number of primary amides is 1. The highest BCUT2D eigenvalue weighted by Crippen LogP contribution is 2.13. The SMILES string of the molecule is NC(=O)CCC(=O)N1C(=O)CCCC1=O. The molecule has 0 spiro atoms. The first kappa shape index (κ1) is 11.4. The van der Waals surface area contributed by atoms with Gasteiger partial charge in [-0.05, 0) is 6.42 Å². The van der Waals surface area contributed by atoms with Crippen LogP contribution in [0, 0.1) is 0 Å². The van der Waals surface area contributed by atoms with E-state index in [9.17, 15) is 19.2 Å². The summed E-state index contributed by atoms with van der Waals surface area (Å²) < 4.78 is 0. The number of imide groups is 3. The van der Waals surface area contributed by atoms with Crippen molar-refractivity contribution in [2.75, 3.05) is 0 Å². The number of hydrogen-bond acceptors (Lipinski definition) is 4. The molecule has 0 atom stereocenters. The molecule has 0 saturated carbocycles. The molecule has 82 valence electrons. The molecule has 0 unspecified atom stereocenters. The Hall–Kier alpha value is -1.72. The van der Waals surface area contributed by atoms with Crippen LogP contribution in [0.3, 0.4) is 0 Å². The van der Waals surface area contributed by atoms with E-state index in [0.717, 1.165) is 0 Å². The second-order valence-corrected chi connectivity index (χ2v) is 3.34. The second kappa shape index (κ2) is 4.68. The van der Waals surface area contributed by atoms with Crippen molar-refractivity contribution in [2.24, 2.45) is 5.73 Å². The molecule has 0 aliphatic carbocycles. The maximum atomic E-state index is 11.4. The smallest absolute Gasteiger partial charge is 0.236 e. The van der Waals surface area contributed by atoms with Crippen molar-refractivity contribution in [3.63, 3.8) is 0 Å². The van der Waals surface area contributed by atoms with Gasteiger partial charge in [0.2, 0.25) is 23.6 Å². The van der Waals surface area contributed by atoms with Gasteiger partial charge in [-0.2, -0.15) is 0 Å². The number of nitrogens with zero attached hydrogens (tertiary/aromatic N) is 1. The molecule has 1 rings (SSSR count). The van der Waals surface area contributed by atoms with E-state index in [1.807, 2.05) is 0 Å². The Morgan fingerprint density at radius 2 is 1.67 bits per heavy atom. The predicted octanol–water partition coefficient (Wildman–Crippen LogP) is -0.682. The summed E-state index contributed by atoms with van der Waals surface area (Å²) in [7, 11) is 0. The van der Waals surface area contributed by atoms with E-state index >= 15 is 0 Å². The lowest BCUT2D eigenvalue weighted by atomic mass is 10.1. The second-order valence-electron chi connectivity index (χ2n) is 3.34. The summed E-state index contributed by atoms with van der Waals surface area (Å²) in [5.74, 6) is -2.23. The molecular weight excluding hydrogens is 200 g/mol. The third-order valence-electron chi connectivity index (χ3n) is 2.11. The number of piperidine rings is 1. The van der Waals surface area contributed by atoms with Gasteiger partial charge in [-0.1, -0.05) is 0 Å². The van der Waals surface area contributed by atoms with Crippen LogP contribution in [0.4, 0.5) is 0 Å². The van der Waals surface area contributed by atoms with E-state index in [2.05, 4.69) is 0 Å². The average Bonchev–Trinajstić information content (AvgIpc) is 2.14. The highest BCUT2D eigenvalue weighted by molar-refractivity contribution is 6.12. The third-order valence-corrected chi connectivity index (χ3v) is 2.11. The maximum Gasteiger partial charge on any atom is 0.236 e. The van der Waals surface area contributed by atoms with Gasteiger partial charge in [0.1, 0.15) is 0 Å². The molecule has 15 heavy (non-hydrogen) atoms. The van der Waals surface area contributed by atoms with Crippen LogP contribution < -0.4 is 5.73 Å². The fourth-order valence-electron chi connectivity index (χ4n) is 1.37. The van der Waals surface area contributed by atoms with Gasteiger partial charge < -0.3 is 5.73 Å². The minimum Gasteiger partial charge on any atom is -0.370 e. The summed E-state index contributed by atoms with van der Waals surface area (Å²) in [6, 6.07) is 0. The zero-order valence-corrected chi connectivity index (χ0v) is 8.19. The van der Waals surface area contributed by atoms with E-state index < -0.39 is 23.6 Å². The number of carbonyl (C=O) groups excluding carboxylic acids is 4. The summed E-state index contributed by atoms with van der Waals surface area (Å²) in [6.45, 7) is 0. The van der Waals surface area contributed by atoms with Crippen molar-refractivity contribution < 1.29 is 19.2 Å².